The second-order valence-electron chi connectivity index (χ2n) is 35.2. The maximum atomic E-state index is 15.3. The van der Waals surface area contributed by atoms with Crippen LogP contribution in [-0.2, 0) is 94.0 Å². The Morgan fingerprint density at radius 1 is 0.626 bits per heavy atom. The molecule has 2 atom stereocenters. The highest BCUT2D eigenvalue weighted by Crippen LogP contribution is 2.50. The van der Waals surface area contributed by atoms with Gasteiger partial charge in [0, 0.05) is 116 Å². The quantitative estimate of drug-likeness (QED) is 0.00401. The summed E-state index contributed by atoms with van der Waals surface area (Å²) in [4.78, 5) is 90.6. The Kier molecular flexibility index (Phi) is 29.2. The van der Waals surface area contributed by atoms with Gasteiger partial charge in [-0.3, -0.25) is 28.3 Å². The zero-order valence-corrected chi connectivity index (χ0v) is 77.4. The summed E-state index contributed by atoms with van der Waals surface area (Å²) in [5.41, 5.74) is 10.7. The number of anilines is 5. The molecule has 29 heteroatoms. The summed E-state index contributed by atoms with van der Waals surface area (Å²) in [6.45, 7) is 14.1. The maximum absolute atomic E-state index is 15.3. The fourth-order valence-corrected chi connectivity index (χ4v) is 20.7. The number of unbranched alkanes of at least 4 members (excludes halogenated alkanes) is 4. The number of piperidine rings is 1. The van der Waals surface area contributed by atoms with E-state index < -0.39 is 101 Å². The van der Waals surface area contributed by atoms with Gasteiger partial charge in [-0.2, -0.15) is 25.7 Å². The van der Waals surface area contributed by atoms with Crippen LogP contribution >= 0.6 is 0 Å². The van der Waals surface area contributed by atoms with Crippen LogP contribution in [0.3, 0.4) is 0 Å². The van der Waals surface area contributed by atoms with Gasteiger partial charge in [0.25, 0.3) is 20.2 Å². The number of ketones is 1. The molecular formula is C102H113N9O17S3+2. The van der Waals surface area contributed by atoms with Crippen LogP contribution in [0, 0.1) is 5.92 Å². The standard InChI is InChI=1S/C102H111N9O17S3/c1-9-109-86-52-48-76(130(120,121)122)65-81(86)100(2,3)92(109)43-22-15-23-44-93-101(4,5)82-66-77(131(123,124)125)49-53-87(82)111(93)58-31-11-10-24-45-94(113)103-57-30-29-40-83(104-97(115)84(62-69-32-16-12-17-33-69)105-99(117)127-67-70-34-18-13-19-35-70)88(112)68-126-98(116)102(6,7)106-96(114)72-54-59-108(60-55-72)129(118,119)91-42-28-26-39-80(91)95-78-50-46-74(107(8)73-37-20-14-21-38-73)63-89(78)128-90-64-75(47-51-79(90)95)110-61-56-71-36-25-27-41-85(71)110/h12-23,25-28,32-39,41-44,46-53,63-66,72,83-84H,9-11,24,29-31,40,45,54-62,67-68H2,1-8H3,(H4-2,103,104,105,106,113,114,115,117,120,121,122,123,124,125)/p+2/t83-,84-/m1/s1. The van der Waals surface area contributed by atoms with Gasteiger partial charge in [0.05, 0.1) is 60.4 Å². The first kappa shape index (κ1) is 94.6. The first-order valence-electron chi connectivity index (χ1n) is 44.5. The highest BCUT2D eigenvalue weighted by Gasteiger charge is 2.46. The molecule has 0 bridgehead atoms. The Labute approximate surface area is 766 Å². The predicted octanol–water partition coefficient (Wildman–Crippen LogP) is 17.0. The lowest BCUT2D eigenvalue weighted by atomic mass is 9.81. The van der Waals surface area contributed by atoms with Gasteiger partial charge < -0.3 is 45.4 Å². The molecule has 0 spiro atoms. The Morgan fingerprint density at radius 2 is 1.27 bits per heavy atom. The Balaban J connectivity index is 0.594. The molecule has 10 aromatic rings. The van der Waals surface area contributed by atoms with Crippen molar-refractivity contribution in [3.8, 4) is 11.1 Å². The van der Waals surface area contributed by atoms with Crippen LogP contribution in [0.5, 0.6) is 0 Å². The Hall–Kier alpha value is -12.5. The van der Waals surface area contributed by atoms with Crippen LogP contribution in [0.4, 0.5) is 38.9 Å². The molecule has 26 nitrogen and oxygen atoms in total. The van der Waals surface area contributed by atoms with Crippen LogP contribution in [0.2, 0.25) is 0 Å². The molecule has 14 rings (SSSR count). The van der Waals surface area contributed by atoms with Crippen LogP contribution in [0.15, 0.2) is 268 Å². The van der Waals surface area contributed by atoms with Crippen molar-refractivity contribution >= 4 is 128 Å². The molecule has 4 aliphatic rings. The lowest BCUT2D eigenvalue weighted by molar-refractivity contribution is -0.433. The monoisotopic (exact) mass is 1830 g/mol. The number of alkyl carbamates (subject to hydrolysis) is 1. The molecule has 4 amide bonds. The SMILES string of the molecule is CC[N+]1=C(/C=C/C=C/C=C2/N(CCCCCCC(=O)NCCCC[C@@H](NC(=O)[C@@H](Cc3ccccc3)NC(=O)OCc3ccccc3)C(=O)COC(=O)C(C)(C)NC(=O)C3CCN(S(=O)(=O)c4ccccc4-c4c5ccc(N(C)c6ccccc6)cc5[o+]c5cc(N6CCc7ccccc76)ccc45)CC3)c3ccc(S(=O)(=O)O)cc3C2(C)C)C(C)(C)c2cc(S(=O)(=O)O)ccc21. The maximum Gasteiger partial charge on any atom is 0.408 e. The lowest BCUT2D eigenvalue weighted by Crippen LogP contribution is -2.55. The number of amides is 4. The topological polar surface area (TPSA) is 339 Å². The van der Waals surface area contributed by atoms with Crippen LogP contribution in [0.25, 0.3) is 33.1 Å². The number of sulfonamides is 1. The van der Waals surface area contributed by atoms with Gasteiger partial charge in [-0.1, -0.05) is 160 Å². The first-order valence-corrected chi connectivity index (χ1v) is 48.8. The third-order valence-corrected chi connectivity index (χ3v) is 28.9. The Bertz CT molecular complexity index is 6470. The van der Waals surface area contributed by atoms with Gasteiger partial charge >= 0.3 is 23.2 Å². The minimum absolute atomic E-state index is 0.00800. The molecule has 0 saturated carbocycles. The minimum atomic E-state index is -4.52. The number of nitrogens with one attached hydrogen (secondary N) is 4. The van der Waals surface area contributed by atoms with E-state index in [1.54, 1.807) is 72.8 Å². The van der Waals surface area contributed by atoms with Crippen molar-refractivity contribution in [1.29, 1.82) is 0 Å². The zero-order valence-electron chi connectivity index (χ0n) is 74.9. The molecule has 4 aliphatic heterocycles. The first-order chi connectivity index (χ1) is 62.6. The molecule has 1 saturated heterocycles. The predicted molar refractivity (Wildman–Crippen MR) is 508 cm³/mol. The number of carbonyl (C=O) groups excluding carboxylic acids is 6. The van der Waals surface area contributed by atoms with E-state index in [9.17, 15) is 54.7 Å². The molecule has 6 N–H and O–H groups in total. The normalized spacial score (nSPS) is 15.9. The molecule has 9 aromatic carbocycles. The molecule has 0 radical (unpaired) electrons. The third-order valence-electron chi connectivity index (χ3n) is 25.3. The number of hydrogen-bond acceptors (Lipinski definition) is 17. The number of allylic oxidation sites excluding steroid dienone is 6. The summed E-state index contributed by atoms with van der Waals surface area (Å²) in [5.74, 6) is -3.81. The van der Waals surface area contributed by atoms with E-state index in [0.717, 1.165) is 76.0 Å². The Morgan fingerprint density at radius 3 is 1.98 bits per heavy atom. The van der Waals surface area contributed by atoms with Crippen molar-refractivity contribution in [3.63, 3.8) is 0 Å². The number of benzene rings is 9. The van der Waals surface area contributed by atoms with E-state index in [-0.39, 0.29) is 78.9 Å². The van der Waals surface area contributed by atoms with Gasteiger partial charge in [-0.25, -0.2) is 22.4 Å². The van der Waals surface area contributed by atoms with Crippen molar-refractivity contribution in [2.24, 2.45) is 5.92 Å². The van der Waals surface area contributed by atoms with E-state index in [0.29, 0.717) is 89.4 Å². The summed E-state index contributed by atoms with van der Waals surface area (Å²) < 4.78 is 121. The molecule has 131 heavy (non-hydrogen) atoms. The van der Waals surface area contributed by atoms with Crippen molar-refractivity contribution in [2.75, 3.05) is 67.6 Å². The fraction of sp³-hybridized carbons (Fsp3) is 0.333. The van der Waals surface area contributed by atoms with Crippen LogP contribution in [0.1, 0.15) is 140 Å². The van der Waals surface area contributed by atoms with Crippen molar-refractivity contribution in [2.45, 2.75) is 175 Å². The van der Waals surface area contributed by atoms with Gasteiger partial charge in [0.1, 0.15) is 24.7 Å². The number of ether oxygens (including phenoxy) is 2. The summed E-state index contributed by atoms with van der Waals surface area (Å²) in [6.07, 6.45) is 13.5. The second kappa shape index (κ2) is 40.5. The smallest absolute Gasteiger partial charge is 0.408 e. The van der Waals surface area contributed by atoms with E-state index in [4.69, 9.17) is 13.9 Å². The minimum Gasteiger partial charge on any atom is -0.456 e. The average molecular weight is 1830 g/mol. The van der Waals surface area contributed by atoms with Gasteiger partial charge in [-0.15, -0.1) is 0 Å². The van der Waals surface area contributed by atoms with Crippen LogP contribution in [-0.4, -0.2) is 155 Å². The van der Waals surface area contributed by atoms with E-state index in [1.165, 1.54) is 48.0 Å². The summed E-state index contributed by atoms with van der Waals surface area (Å²) in [7, 11) is -11.2. The second-order valence-corrected chi connectivity index (χ2v) is 40.0. The number of nitrogens with zero attached hydrogens (tertiary/aromatic N) is 5. The molecular weight excluding hydrogens is 1720 g/mol. The highest BCUT2D eigenvalue weighted by atomic mass is 32.2. The lowest BCUT2D eigenvalue weighted by Gasteiger charge is -2.33. The number of hydrogen-bond donors (Lipinski definition) is 6. The molecule has 0 unspecified atom stereocenters. The number of Topliss-reactive ketones (excluding diaryl/α,β-unsaturated/α-hetero) is 1. The average Bonchev–Trinajstić information content (AvgIpc) is 1.49. The van der Waals surface area contributed by atoms with E-state index in [2.05, 4.69) is 52.7 Å². The zero-order chi connectivity index (χ0) is 93.2. The molecule has 1 aromatic heterocycles. The molecule has 5 heterocycles. The molecule has 684 valence electrons. The molecule has 1 fully saturated rings. The summed E-state index contributed by atoms with van der Waals surface area (Å²) in [5, 5.41) is 12.7. The van der Waals surface area contributed by atoms with Crippen molar-refractivity contribution in [3.05, 3.63) is 276 Å². The number of para-hydroxylation sites is 2. The van der Waals surface area contributed by atoms with Gasteiger partial charge in [0.15, 0.2) is 18.1 Å². The fourth-order valence-electron chi connectivity index (χ4n) is 18.0. The van der Waals surface area contributed by atoms with Gasteiger partial charge in [-0.05, 0) is 193 Å². The number of carbonyl (C=O) groups is 6. The summed E-state index contributed by atoms with van der Waals surface area (Å²) in [6, 6.07) is 61.8. The number of rotatable bonds is 37. The van der Waals surface area contributed by atoms with Crippen molar-refractivity contribution < 1.29 is 81.6 Å². The third kappa shape index (κ3) is 21.7. The highest BCUT2D eigenvalue weighted by molar-refractivity contribution is 7.89. The largest absolute Gasteiger partial charge is 0.456 e. The van der Waals surface area contributed by atoms with Crippen molar-refractivity contribution in [1.82, 2.24) is 25.6 Å². The van der Waals surface area contributed by atoms with E-state index >= 15 is 8.42 Å². The molecule has 0 aliphatic carbocycles. The number of fused-ring (bicyclic) bond motifs is 5. The number of esters is 1. The van der Waals surface area contributed by atoms with E-state index in [1.807, 2.05) is 175 Å². The summed E-state index contributed by atoms with van der Waals surface area (Å²) >= 11 is 0. The van der Waals surface area contributed by atoms with Gasteiger partial charge in [0.2, 0.25) is 33.4 Å². The van der Waals surface area contributed by atoms with Crippen LogP contribution < -0.4 is 36.0 Å².